The van der Waals surface area contributed by atoms with E-state index in [1.54, 1.807) is 12.1 Å². The summed E-state index contributed by atoms with van der Waals surface area (Å²) in [6.45, 7) is 8.44. The number of rotatable bonds is 3. The minimum atomic E-state index is -0.248. The Labute approximate surface area is 142 Å². The molecule has 0 aliphatic heterocycles. The van der Waals surface area contributed by atoms with Crippen LogP contribution in [-0.4, -0.2) is 10.8 Å². The van der Waals surface area contributed by atoms with Crippen molar-refractivity contribution < 1.29 is 4.39 Å². The molecule has 0 N–H and O–H groups in total. The molecule has 1 heterocycles. The zero-order valence-corrected chi connectivity index (χ0v) is 14.5. The van der Waals surface area contributed by atoms with E-state index in [1.165, 1.54) is 23.3 Å². The maximum atomic E-state index is 13.0. The van der Waals surface area contributed by atoms with E-state index in [2.05, 4.69) is 61.5 Å². The van der Waals surface area contributed by atoms with Crippen LogP contribution in [0.2, 0.25) is 0 Å². The van der Waals surface area contributed by atoms with E-state index in [0.717, 1.165) is 28.3 Å². The van der Waals surface area contributed by atoms with Crippen LogP contribution in [0.5, 0.6) is 0 Å². The maximum absolute atomic E-state index is 13.0. The Balaban J connectivity index is 1.97. The van der Waals surface area contributed by atoms with Gasteiger partial charge in [0.2, 0.25) is 0 Å². The highest BCUT2D eigenvalue weighted by molar-refractivity contribution is 5.84. The van der Waals surface area contributed by atoms with Crippen LogP contribution in [0.3, 0.4) is 0 Å². The predicted molar refractivity (Wildman–Crippen MR) is 98.4 cm³/mol. The van der Waals surface area contributed by atoms with Crippen molar-refractivity contribution in [2.24, 2.45) is 4.99 Å². The van der Waals surface area contributed by atoms with Crippen LogP contribution in [-0.2, 0) is 0 Å². The molecule has 0 amide bonds. The Hall–Kier alpha value is -2.68. The number of halogens is 1. The van der Waals surface area contributed by atoms with Gasteiger partial charge in [0.25, 0.3) is 0 Å². The van der Waals surface area contributed by atoms with Crippen molar-refractivity contribution in [2.45, 2.75) is 27.7 Å². The van der Waals surface area contributed by atoms with Gasteiger partial charge in [-0.05, 0) is 81.3 Å². The number of nitrogens with zero attached hydrogens (tertiary/aromatic N) is 2. The Morgan fingerprint density at radius 2 is 1.58 bits per heavy atom. The molecule has 122 valence electrons. The SMILES string of the molecule is Cc1ccc(-n2c(C)cc(C=Nc3ccc(F)cc3)c2C)cc1C. The molecule has 0 unspecified atom stereocenters. The molecule has 0 spiro atoms. The molecule has 0 aliphatic rings. The summed E-state index contributed by atoms with van der Waals surface area (Å²) in [4.78, 5) is 4.45. The fraction of sp³-hybridized carbons (Fsp3) is 0.190. The monoisotopic (exact) mass is 320 g/mol. The first-order chi connectivity index (χ1) is 11.5. The van der Waals surface area contributed by atoms with Crippen LogP contribution in [0.15, 0.2) is 53.5 Å². The van der Waals surface area contributed by atoms with Gasteiger partial charge in [0, 0.05) is 28.9 Å². The lowest BCUT2D eigenvalue weighted by Gasteiger charge is -2.11. The third kappa shape index (κ3) is 3.16. The Morgan fingerprint density at radius 1 is 0.875 bits per heavy atom. The topological polar surface area (TPSA) is 17.3 Å². The summed E-state index contributed by atoms with van der Waals surface area (Å²) in [5.41, 5.74) is 7.84. The quantitative estimate of drug-likeness (QED) is 0.559. The molecular weight excluding hydrogens is 299 g/mol. The summed E-state index contributed by atoms with van der Waals surface area (Å²) in [6.07, 6.45) is 1.84. The second-order valence-corrected chi connectivity index (χ2v) is 6.17. The number of aliphatic imine (C=N–C) groups is 1. The van der Waals surface area contributed by atoms with Crippen molar-refractivity contribution in [1.29, 1.82) is 0 Å². The molecule has 3 rings (SSSR count). The van der Waals surface area contributed by atoms with Crippen LogP contribution < -0.4 is 0 Å². The van der Waals surface area contributed by atoms with Gasteiger partial charge in [0.15, 0.2) is 0 Å². The molecule has 0 atom stereocenters. The molecule has 3 aromatic rings. The van der Waals surface area contributed by atoms with Crippen molar-refractivity contribution >= 4 is 11.9 Å². The molecule has 0 radical (unpaired) electrons. The zero-order chi connectivity index (χ0) is 17.3. The molecule has 0 fully saturated rings. The summed E-state index contributed by atoms with van der Waals surface area (Å²) in [7, 11) is 0. The van der Waals surface area contributed by atoms with Crippen LogP contribution >= 0.6 is 0 Å². The van der Waals surface area contributed by atoms with Gasteiger partial charge in [0.05, 0.1) is 5.69 Å². The maximum Gasteiger partial charge on any atom is 0.123 e. The molecule has 0 bridgehead atoms. The van der Waals surface area contributed by atoms with Gasteiger partial charge in [-0.1, -0.05) is 6.07 Å². The highest BCUT2D eigenvalue weighted by atomic mass is 19.1. The second kappa shape index (κ2) is 6.44. The average molecular weight is 320 g/mol. The lowest BCUT2D eigenvalue weighted by Crippen LogP contribution is -2.00. The summed E-state index contributed by atoms with van der Waals surface area (Å²) in [6, 6.07) is 14.8. The van der Waals surface area contributed by atoms with Crippen molar-refractivity contribution in [2.75, 3.05) is 0 Å². The molecule has 1 aromatic heterocycles. The largest absolute Gasteiger partial charge is 0.318 e. The Morgan fingerprint density at radius 3 is 2.25 bits per heavy atom. The van der Waals surface area contributed by atoms with E-state index in [-0.39, 0.29) is 5.82 Å². The van der Waals surface area contributed by atoms with Crippen molar-refractivity contribution in [3.63, 3.8) is 0 Å². The van der Waals surface area contributed by atoms with Gasteiger partial charge in [-0.3, -0.25) is 4.99 Å². The van der Waals surface area contributed by atoms with Gasteiger partial charge < -0.3 is 4.57 Å². The fourth-order valence-electron chi connectivity index (χ4n) is 2.85. The molecule has 24 heavy (non-hydrogen) atoms. The normalized spacial score (nSPS) is 11.4. The summed E-state index contributed by atoms with van der Waals surface area (Å²) < 4.78 is 15.2. The minimum absolute atomic E-state index is 0.248. The number of hydrogen-bond acceptors (Lipinski definition) is 1. The van der Waals surface area contributed by atoms with Gasteiger partial charge in [-0.2, -0.15) is 0 Å². The van der Waals surface area contributed by atoms with Crippen LogP contribution in [0.1, 0.15) is 28.1 Å². The highest BCUT2D eigenvalue weighted by Crippen LogP contribution is 2.22. The third-order valence-electron chi connectivity index (χ3n) is 4.40. The standard InChI is InChI=1S/C21H21FN2/c1-14-5-10-21(11-15(14)2)24-16(3)12-18(17(24)4)13-23-20-8-6-19(22)7-9-20/h5-13H,1-4H3. The molecule has 0 aliphatic carbocycles. The molecule has 0 saturated heterocycles. The smallest absolute Gasteiger partial charge is 0.123 e. The lowest BCUT2D eigenvalue weighted by molar-refractivity contribution is 0.628. The van der Waals surface area contributed by atoms with Crippen LogP contribution in [0.4, 0.5) is 10.1 Å². The third-order valence-corrected chi connectivity index (χ3v) is 4.40. The number of benzene rings is 2. The lowest BCUT2D eigenvalue weighted by atomic mass is 10.1. The van der Waals surface area contributed by atoms with Crippen LogP contribution in [0.25, 0.3) is 5.69 Å². The van der Waals surface area contributed by atoms with Crippen molar-refractivity contribution in [3.8, 4) is 5.69 Å². The minimum Gasteiger partial charge on any atom is -0.318 e. The Kier molecular flexibility index (Phi) is 4.34. The van der Waals surface area contributed by atoms with Gasteiger partial charge in [-0.15, -0.1) is 0 Å². The van der Waals surface area contributed by atoms with E-state index >= 15 is 0 Å². The van der Waals surface area contributed by atoms with E-state index in [9.17, 15) is 4.39 Å². The average Bonchev–Trinajstić information content (AvgIpc) is 2.84. The molecule has 3 heteroatoms. The number of hydrogen-bond donors (Lipinski definition) is 0. The second-order valence-electron chi connectivity index (χ2n) is 6.17. The summed E-state index contributed by atoms with van der Waals surface area (Å²) in [5.74, 6) is -0.248. The number of aryl methyl sites for hydroxylation is 3. The first-order valence-corrected chi connectivity index (χ1v) is 8.02. The first-order valence-electron chi connectivity index (χ1n) is 8.02. The zero-order valence-electron chi connectivity index (χ0n) is 14.5. The van der Waals surface area contributed by atoms with Crippen molar-refractivity contribution in [1.82, 2.24) is 4.57 Å². The fourth-order valence-corrected chi connectivity index (χ4v) is 2.85. The van der Waals surface area contributed by atoms with E-state index in [1.807, 2.05) is 6.21 Å². The van der Waals surface area contributed by atoms with E-state index in [0.29, 0.717) is 0 Å². The summed E-state index contributed by atoms with van der Waals surface area (Å²) >= 11 is 0. The van der Waals surface area contributed by atoms with E-state index < -0.39 is 0 Å². The summed E-state index contributed by atoms with van der Waals surface area (Å²) in [5, 5.41) is 0. The predicted octanol–water partition coefficient (Wildman–Crippen LogP) is 5.60. The molecular formula is C21H21FN2. The van der Waals surface area contributed by atoms with Crippen LogP contribution in [0, 0.1) is 33.5 Å². The Bertz CT molecular complexity index is 902. The number of aromatic nitrogens is 1. The van der Waals surface area contributed by atoms with Gasteiger partial charge in [0.1, 0.15) is 5.82 Å². The molecule has 2 aromatic carbocycles. The first kappa shape index (κ1) is 16.2. The van der Waals surface area contributed by atoms with Gasteiger partial charge >= 0.3 is 0 Å². The molecule has 0 saturated carbocycles. The van der Waals surface area contributed by atoms with Gasteiger partial charge in [-0.25, -0.2) is 4.39 Å². The molecule has 2 nitrogen and oxygen atoms in total. The van der Waals surface area contributed by atoms with E-state index in [4.69, 9.17) is 0 Å². The highest BCUT2D eigenvalue weighted by Gasteiger charge is 2.10. The van der Waals surface area contributed by atoms with Crippen molar-refractivity contribution in [3.05, 3.63) is 82.4 Å².